The van der Waals surface area contributed by atoms with E-state index in [1.54, 1.807) is 4.90 Å². The van der Waals surface area contributed by atoms with E-state index >= 15 is 0 Å². The molecule has 34 heavy (non-hydrogen) atoms. The van der Waals surface area contributed by atoms with Crippen LogP contribution >= 0.6 is 11.6 Å². The number of rotatable bonds is 5. The Balaban J connectivity index is 1.50. The first-order valence-corrected chi connectivity index (χ1v) is 12.1. The Kier molecular flexibility index (Phi) is 6.85. The molecule has 4 rings (SSSR count). The topological polar surface area (TPSA) is 107 Å². The molecular weight excluding hydrogens is 462 g/mol. The van der Waals surface area contributed by atoms with Crippen molar-refractivity contribution in [2.45, 2.75) is 50.8 Å². The summed E-state index contributed by atoms with van der Waals surface area (Å²) < 4.78 is 11.5. The van der Waals surface area contributed by atoms with E-state index in [9.17, 15) is 14.7 Å². The summed E-state index contributed by atoms with van der Waals surface area (Å²) in [5.74, 6) is -0.545. The number of likely N-dealkylation sites (N-methyl/N-ethyl adjacent to an activating group) is 1. The van der Waals surface area contributed by atoms with Gasteiger partial charge in [-0.15, -0.1) is 0 Å². The number of piperazine rings is 2. The molecule has 1 spiro atoms. The molecule has 0 aromatic carbocycles. The van der Waals surface area contributed by atoms with Crippen LogP contribution in [-0.4, -0.2) is 102 Å². The number of carbonyl (C=O) groups excluding carboxylic acids is 1. The zero-order valence-electron chi connectivity index (χ0n) is 20.3. The number of hydrogen-bond acceptors (Lipinski definition) is 8. The smallest absolute Gasteiger partial charge is 0.410 e. The van der Waals surface area contributed by atoms with Gasteiger partial charge in [0.1, 0.15) is 34.5 Å². The predicted octanol–water partition coefficient (Wildman–Crippen LogP) is 2.31. The largest absolute Gasteiger partial charge is 0.491 e. The molecule has 0 unspecified atom stereocenters. The summed E-state index contributed by atoms with van der Waals surface area (Å²) in [5, 5.41) is 13.6. The summed E-state index contributed by atoms with van der Waals surface area (Å²) in [6, 6.07) is 1.27. The lowest BCUT2D eigenvalue weighted by atomic mass is 10.1. The molecule has 11 heteroatoms. The lowest BCUT2D eigenvalue weighted by Crippen LogP contribution is -2.55. The Morgan fingerprint density at radius 2 is 2.03 bits per heavy atom. The molecule has 2 saturated heterocycles. The maximum absolute atomic E-state index is 12.5. The Labute approximate surface area is 205 Å². The summed E-state index contributed by atoms with van der Waals surface area (Å²) in [4.78, 5) is 35.2. The summed E-state index contributed by atoms with van der Waals surface area (Å²) in [5.41, 5.74) is -0.637. The SMILES string of the molecule is CN1CCN(c2nc(Cl)cc(OC[C@H]3CN(C(=O)OC(C)(C)C)CCN3)c2C(=O)O)C2(CC2)C1. The number of amides is 1. The van der Waals surface area contributed by atoms with Crippen molar-refractivity contribution in [3.05, 3.63) is 16.8 Å². The fraction of sp³-hybridized carbons (Fsp3) is 0.696. The van der Waals surface area contributed by atoms with Crippen LogP contribution < -0.4 is 15.0 Å². The van der Waals surface area contributed by atoms with Gasteiger partial charge in [0.2, 0.25) is 0 Å². The fourth-order valence-corrected chi connectivity index (χ4v) is 4.87. The maximum atomic E-state index is 12.5. The number of halogens is 1. The third-order valence-corrected chi connectivity index (χ3v) is 6.61. The van der Waals surface area contributed by atoms with Gasteiger partial charge >= 0.3 is 12.1 Å². The van der Waals surface area contributed by atoms with Crippen molar-refractivity contribution >= 4 is 29.5 Å². The number of hydrogen-bond donors (Lipinski definition) is 2. The number of carboxylic acid groups (broad SMARTS) is 1. The standard InChI is InChI=1S/C23H34ClN5O5/c1-22(2,3)34-21(32)28-8-7-25-15(12-28)13-33-16-11-17(24)26-19(18(16)20(30)31)29-10-9-27(4)14-23(29)5-6-23/h11,15,25H,5-10,12-14H2,1-4H3,(H,30,31)/t15-/m1/s1. The van der Waals surface area contributed by atoms with Crippen molar-refractivity contribution in [2.24, 2.45) is 0 Å². The molecule has 3 fully saturated rings. The van der Waals surface area contributed by atoms with Crippen molar-refractivity contribution in [2.75, 3.05) is 57.8 Å². The first-order valence-electron chi connectivity index (χ1n) is 11.7. The molecular formula is C23H34ClN5O5. The molecule has 0 radical (unpaired) electrons. The molecule has 1 aliphatic carbocycles. The molecule has 2 N–H and O–H groups in total. The quantitative estimate of drug-likeness (QED) is 0.595. The number of aromatic carboxylic acids is 1. The van der Waals surface area contributed by atoms with Crippen molar-refractivity contribution in [1.29, 1.82) is 0 Å². The van der Waals surface area contributed by atoms with Gasteiger partial charge in [0.25, 0.3) is 0 Å². The average Bonchev–Trinajstić information content (AvgIpc) is 3.49. The van der Waals surface area contributed by atoms with E-state index in [0.717, 1.165) is 25.9 Å². The van der Waals surface area contributed by atoms with Crippen LogP contribution in [0.25, 0.3) is 0 Å². The van der Waals surface area contributed by atoms with Crippen LogP contribution in [0.1, 0.15) is 44.0 Å². The highest BCUT2D eigenvalue weighted by Crippen LogP contribution is 2.47. The van der Waals surface area contributed by atoms with Crippen LogP contribution in [0.3, 0.4) is 0 Å². The third-order valence-electron chi connectivity index (χ3n) is 6.42. The first-order chi connectivity index (χ1) is 16.0. The summed E-state index contributed by atoms with van der Waals surface area (Å²) in [6.07, 6.45) is 1.62. The minimum Gasteiger partial charge on any atom is -0.491 e. The molecule has 0 bridgehead atoms. The van der Waals surface area contributed by atoms with Gasteiger partial charge < -0.3 is 34.6 Å². The second-order valence-electron chi connectivity index (χ2n) is 10.4. The van der Waals surface area contributed by atoms with E-state index in [2.05, 4.69) is 27.1 Å². The molecule has 1 saturated carbocycles. The molecule has 3 heterocycles. The zero-order valence-corrected chi connectivity index (χ0v) is 21.0. The van der Waals surface area contributed by atoms with E-state index in [4.69, 9.17) is 21.1 Å². The van der Waals surface area contributed by atoms with E-state index in [1.807, 2.05) is 20.8 Å². The van der Waals surface area contributed by atoms with E-state index in [0.29, 0.717) is 32.0 Å². The molecule has 3 aliphatic rings. The number of anilines is 1. The number of ether oxygens (including phenoxy) is 2. The third kappa shape index (κ3) is 5.50. The zero-order chi connectivity index (χ0) is 24.7. The van der Waals surface area contributed by atoms with E-state index < -0.39 is 11.6 Å². The number of carboxylic acids is 1. The van der Waals surface area contributed by atoms with E-state index in [1.165, 1.54) is 6.07 Å². The lowest BCUT2D eigenvalue weighted by Gasteiger charge is -2.42. The van der Waals surface area contributed by atoms with Gasteiger partial charge in [-0.3, -0.25) is 0 Å². The highest BCUT2D eigenvalue weighted by molar-refractivity contribution is 6.29. The average molecular weight is 496 g/mol. The van der Waals surface area contributed by atoms with Gasteiger partial charge in [-0.25, -0.2) is 14.6 Å². The normalized spacial score (nSPS) is 22.6. The molecule has 1 aromatic rings. The number of nitrogens with one attached hydrogen (secondary N) is 1. The molecule has 188 valence electrons. The van der Waals surface area contributed by atoms with Gasteiger partial charge in [0, 0.05) is 45.3 Å². The minimum atomic E-state index is -1.10. The van der Waals surface area contributed by atoms with Gasteiger partial charge in [0.05, 0.1) is 11.6 Å². The molecule has 1 amide bonds. The van der Waals surface area contributed by atoms with Gasteiger partial charge in [-0.2, -0.15) is 0 Å². The Morgan fingerprint density at radius 1 is 1.29 bits per heavy atom. The highest BCUT2D eigenvalue weighted by atomic mass is 35.5. The van der Waals surface area contributed by atoms with Crippen molar-refractivity contribution in [3.63, 3.8) is 0 Å². The number of aromatic nitrogens is 1. The van der Waals surface area contributed by atoms with Crippen LogP contribution in [0.4, 0.5) is 10.6 Å². The van der Waals surface area contributed by atoms with Gasteiger partial charge in [0.15, 0.2) is 0 Å². The van der Waals surface area contributed by atoms with Crippen molar-refractivity contribution in [1.82, 2.24) is 20.1 Å². The molecule has 1 aromatic heterocycles. The second-order valence-corrected chi connectivity index (χ2v) is 10.8. The van der Waals surface area contributed by atoms with Gasteiger partial charge in [-0.05, 0) is 40.7 Å². The maximum Gasteiger partial charge on any atom is 0.410 e. The summed E-state index contributed by atoms with van der Waals surface area (Å²) >= 11 is 6.33. The Bertz CT molecular complexity index is 948. The van der Waals surface area contributed by atoms with Crippen LogP contribution in [0.5, 0.6) is 5.75 Å². The molecule has 1 atom stereocenters. The van der Waals surface area contributed by atoms with Crippen molar-refractivity contribution in [3.8, 4) is 5.75 Å². The number of nitrogens with zero attached hydrogens (tertiary/aromatic N) is 4. The fourth-order valence-electron chi connectivity index (χ4n) is 4.69. The Morgan fingerprint density at radius 3 is 2.68 bits per heavy atom. The predicted molar refractivity (Wildman–Crippen MR) is 128 cm³/mol. The summed E-state index contributed by atoms with van der Waals surface area (Å²) in [6.45, 7) is 9.54. The second kappa shape index (κ2) is 9.39. The van der Waals surface area contributed by atoms with Gasteiger partial charge in [-0.1, -0.05) is 11.6 Å². The monoisotopic (exact) mass is 495 g/mol. The summed E-state index contributed by atoms with van der Waals surface area (Å²) in [7, 11) is 2.08. The van der Waals surface area contributed by atoms with E-state index in [-0.39, 0.29) is 40.7 Å². The minimum absolute atomic E-state index is 0.0278. The molecule has 10 nitrogen and oxygen atoms in total. The first kappa shape index (κ1) is 24.8. The van der Waals surface area contributed by atoms with Crippen LogP contribution in [0.15, 0.2) is 6.07 Å². The van der Waals surface area contributed by atoms with Crippen molar-refractivity contribution < 1.29 is 24.2 Å². The number of pyridine rings is 1. The lowest BCUT2D eigenvalue weighted by molar-refractivity contribution is 0.0178. The number of carbonyl (C=O) groups is 2. The Hall–Kier alpha value is -2.30. The van der Waals surface area contributed by atoms with Crippen LogP contribution in [-0.2, 0) is 4.74 Å². The molecule has 2 aliphatic heterocycles. The highest BCUT2D eigenvalue weighted by Gasteiger charge is 2.52. The van der Waals surface area contributed by atoms with Crippen LogP contribution in [0, 0.1) is 0 Å². The van der Waals surface area contributed by atoms with Crippen LogP contribution in [0.2, 0.25) is 5.15 Å².